The molecule has 0 saturated heterocycles. The third kappa shape index (κ3) is 3.42. The van der Waals surface area contributed by atoms with E-state index in [1.165, 1.54) is 29.2 Å². The van der Waals surface area contributed by atoms with Crippen LogP contribution in [0.1, 0.15) is 5.56 Å². The number of amides is 1. The summed E-state index contributed by atoms with van der Waals surface area (Å²) in [6.45, 7) is 3.97. The molecule has 0 spiro atoms. The van der Waals surface area contributed by atoms with Crippen molar-refractivity contribution in [3.8, 4) is 5.75 Å². The van der Waals surface area contributed by atoms with Crippen LogP contribution in [0.25, 0.3) is 11.0 Å². The van der Waals surface area contributed by atoms with Crippen LogP contribution in [0.3, 0.4) is 0 Å². The van der Waals surface area contributed by atoms with Crippen molar-refractivity contribution in [2.75, 3.05) is 13.1 Å². The van der Waals surface area contributed by atoms with Crippen LogP contribution in [0.2, 0.25) is 0 Å². The number of hydrogen-bond acceptors (Lipinski definition) is 4. The largest absolute Gasteiger partial charge is 0.508 e. The van der Waals surface area contributed by atoms with Crippen LogP contribution in [0.5, 0.6) is 5.75 Å². The third-order valence-electron chi connectivity index (χ3n) is 3.08. The number of carboxylic acid groups (broad SMARTS) is 1. The Balaban J connectivity index is 2.31. The Hall–Kier alpha value is -2.76. The van der Waals surface area contributed by atoms with E-state index in [2.05, 4.69) is 6.58 Å². The van der Waals surface area contributed by atoms with Crippen LogP contribution in [-0.4, -0.2) is 34.3 Å². The third-order valence-corrected chi connectivity index (χ3v) is 3.08. The second kappa shape index (κ2) is 6.13. The van der Waals surface area contributed by atoms with E-state index in [4.69, 9.17) is 9.52 Å². The van der Waals surface area contributed by atoms with Crippen LogP contribution in [0.4, 0.5) is 4.79 Å². The Morgan fingerprint density at radius 3 is 2.81 bits per heavy atom. The maximum atomic E-state index is 11.5. The van der Waals surface area contributed by atoms with Gasteiger partial charge in [-0.15, -0.1) is 6.58 Å². The highest BCUT2D eigenvalue weighted by atomic mass is 16.4. The molecular weight excluding hydrogens is 274 g/mol. The molecular formula is C15H15NO5. The van der Waals surface area contributed by atoms with Gasteiger partial charge in [0.15, 0.2) is 0 Å². The number of benzene rings is 1. The Morgan fingerprint density at radius 2 is 2.14 bits per heavy atom. The van der Waals surface area contributed by atoms with Crippen molar-refractivity contribution in [3.05, 3.63) is 52.9 Å². The Labute approximate surface area is 120 Å². The smallest absolute Gasteiger partial charge is 0.407 e. The molecule has 2 rings (SSSR count). The maximum absolute atomic E-state index is 11.5. The minimum atomic E-state index is -1.04. The summed E-state index contributed by atoms with van der Waals surface area (Å²) in [5, 5.41) is 19.1. The molecule has 1 amide bonds. The van der Waals surface area contributed by atoms with Gasteiger partial charge in [-0.25, -0.2) is 9.59 Å². The first-order valence-corrected chi connectivity index (χ1v) is 6.36. The molecule has 1 aromatic carbocycles. The zero-order chi connectivity index (χ0) is 15.4. The predicted molar refractivity (Wildman–Crippen MR) is 77.6 cm³/mol. The highest BCUT2D eigenvalue weighted by Crippen LogP contribution is 2.22. The molecule has 0 fully saturated rings. The molecule has 0 unspecified atom stereocenters. The number of hydrogen-bond donors (Lipinski definition) is 2. The quantitative estimate of drug-likeness (QED) is 0.650. The van der Waals surface area contributed by atoms with Gasteiger partial charge >= 0.3 is 11.7 Å². The van der Waals surface area contributed by atoms with Crippen molar-refractivity contribution in [2.24, 2.45) is 0 Å². The minimum Gasteiger partial charge on any atom is -0.508 e. The van der Waals surface area contributed by atoms with Gasteiger partial charge in [-0.05, 0) is 24.1 Å². The number of carbonyl (C=O) groups is 1. The molecule has 110 valence electrons. The second-order valence-corrected chi connectivity index (χ2v) is 4.54. The summed E-state index contributed by atoms with van der Waals surface area (Å²) < 4.78 is 5.02. The topological polar surface area (TPSA) is 91.0 Å². The number of phenolic OH excluding ortho intramolecular Hbond substituents is 1. The predicted octanol–water partition coefficient (Wildman–Crippen LogP) is 2.21. The number of phenols is 1. The molecule has 0 saturated carbocycles. The molecule has 0 aliphatic rings. The van der Waals surface area contributed by atoms with Gasteiger partial charge in [0, 0.05) is 30.6 Å². The molecule has 6 heteroatoms. The lowest BCUT2D eigenvalue weighted by atomic mass is 10.1. The molecule has 1 heterocycles. The van der Waals surface area contributed by atoms with E-state index in [1.807, 2.05) is 0 Å². The lowest BCUT2D eigenvalue weighted by Crippen LogP contribution is -2.31. The standard InChI is InChI=1S/C15H15NO5/c1-2-6-16(15(19)20)7-5-10-8-14(18)21-13-9-11(17)3-4-12(10)13/h2-4,8-9,17H,1,5-7H2,(H,19,20). The van der Waals surface area contributed by atoms with Gasteiger partial charge in [-0.1, -0.05) is 6.08 Å². The summed E-state index contributed by atoms with van der Waals surface area (Å²) in [7, 11) is 0. The van der Waals surface area contributed by atoms with Gasteiger partial charge in [-0.2, -0.15) is 0 Å². The second-order valence-electron chi connectivity index (χ2n) is 4.54. The number of fused-ring (bicyclic) bond motifs is 1. The van der Waals surface area contributed by atoms with Crippen molar-refractivity contribution in [3.63, 3.8) is 0 Å². The summed E-state index contributed by atoms with van der Waals surface area (Å²) >= 11 is 0. The van der Waals surface area contributed by atoms with Crippen molar-refractivity contribution in [1.29, 1.82) is 0 Å². The lowest BCUT2D eigenvalue weighted by Gasteiger charge is -2.17. The van der Waals surface area contributed by atoms with Crippen LogP contribution >= 0.6 is 0 Å². The van der Waals surface area contributed by atoms with Crippen molar-refractivity contribution in [2.45, 2.75) is 6.42 Å². The summed E-state index contributed by atoms with van der Waals surface area (Å²) in [6.07, 6.45) is 0.830. The Morgan fingerprint density at radius 1 is 1.38 bits per heavy atom. The normalized spacial score (nSPS) is 10.5. The average Bonchev–Trinajstić information content (AvgIpc) is 2.42. The van der Waals surface area contributed by atoms with E-state index in [0.717, 1.165) is 0 Å². The summed E-state index contributed by atoms with van der Waals surface area (Å²) in [4.78, 5) is 23.8. The molecule has 21 heavy (non-hydrogen) atoms. The summed E-state index contributed by atoms with van der Waals surface area (Å²) in [5.74, 6) is 0.00150. The molecule has 1 aromatic heterocycles. The van der Waals surface area contributed by atoms with Crippen molar-refractivity contribution in [1.82, 2.24) is 4.90 Å². The fraction of sp³-hybridized carbons (Fsp3) is 0.200. The zero-order valence-electron chi connectivity index (χ0n) is 11.3. The van der Waals surface area contributed by atoms with E-state index in [1.54, 1.807) is 6.07 Å². The fourth-order valence-electron chi connectivity index (χ4n) is 2.10. The van der Waals surface area contributed by atoms with Gasteiger partial charge < -0.3 is 19.5 Å². The maximum Gasteiger partial charge on any atom is 0.407 e. The van der Waals surface area contributed by atoms with Crippen molar-refractivity contribution >= 4 is 17.1 Å². The molecule has 0 aliphatic heterocycles. The van der Waals surface area contributed by atoms with Crippen molar-refractivity contribution < 1.29 is 19.4 Å². The first-order valence-electron chi connectivity index (χ1n) is 6.36. The van der Waals surface area contributed by atoms with E-state index in [0.29, 0.717) is 17.4 Å². The van der Waals surface area contributed by atoms with Crippen LogP contribution in [0, 0.1) is 0 Å². The Bertz CT molecular complexity index is 734. The number of nitrogens with zero attached hydrogens (tertiary/aromatic N) is 1. The summed E-state index contributed by atoms with van der Waals surface area (Å²) in [5.41, 5.74) is 0.424. The summed E-state index contributed by atoms with van der Waals surface area (Å²) in [6, 6.07) is 5.83. The van der Waals surface area contributed by atoms with E-state index in [-0.39, 0.29) is 24.4 Å². The molecule has 0 aliphatic carbocycles. The molecule has 0 atom stereocenters. The zero-order valence-corrected chi connectivity index (χ0v) is 11.3. The minimum absolute atomic E-state index is 0.00150. The monoisotopic (exact) mass is 289 g/mol. The van der Waals surface area contributed by atoms with Gasteiger partial charge in [0.25, 0.3) is 0 Å². The van der Waals surface area contributed by atoms with E-state index < -0.39 is 11.7 Å². The SMILES string of the molecule is C=CCN(CCc1cc(=O)oc2cc(O)ccc12)C(=O)O. The molecule has 2 N–H and O–H groups in total. The van der Waals surface area contributed by atoms with Gasteiger partial charge in [0.1, 0.15) is 11.3 Å². The first kappa shape index (κ1) is 14.6. The number of aromatic hydroxyl groups is 1. The highest BCUT2D eigenvalue weighted by Gasteiger charge is 2.12. The molecule has 0 bridgehead atoms. The van der Waals surface area contributed by atoms with Crippen LogP contribution < -0.4 is 5.63 Å². The van der Waals surface area contributed by atoms with Gasteiger partial charge in [0.2, 0.25) is 0 Å². The van der Waals surface area contributed by atoms with E-state index in [9.17, 15) is 14.7 Å². The van der Waals surface area contributed by atoms with E-state index >= 15 is 0 Å². The van der Waals surface area contributed by atoms with Crippen LogP contribution in [0.15, 0.2) is 46.1 Å². The Kier molecular flexibility index (Phi) is 4.27. The molecule has 2 aromatic rings. The number of rotatable bonds is 5. The molecule has 0 radical (unpaired) electrons. The lowest BCUT2D eigenvalue weighted by molar-refractivity contribution is 0.151. The van der Waals surface area contributed by atoms with Gasteiger partial charge in [0.05, 0.1) is 0 Å². The van der Waals surface area contributed by atoms with Crippen LogP contribution in [-0.2, 0) is 6.42 Å². The first-order chi connectivity index (χ1) is 10.0. The highest BCUT2D eigenvalue weighted by molar-refractivity contribution is 5.81. The molecule has 6 nitrogen and oxygen atoms in total. The van der Waals surface area contributed by atoms with Gasteiger partial charge in [-0.3, -0.25) is 0 Å². The average molecular weight is 289 g/mol. The fourth-order valence-corrected chi connectivity index (χ4v) is 2.10.